The molecule has 2 heterocycles. The molecule has 30 heavy (non-hydrogen) atoms. The molecule has 1 aromatic heterocycles. The van der Waals surface area contributed by atoms with Crippen LogP contribution in [0.1, 0.15) is 17.9 Å². The van der Waals surface area contributed by atoms with Gasteiger partial charge in [0.25, 0.3) is 0 Å². The Kier molecular flexibility index (Phi) is 6.67. The Bertz CT molecular complexity index is 998. The summed E-state index contributed by atoms with van der Waals surface area (Å²) in [7, 11) is 1.69. The number of β-amino-alcohol motifs (C(OH)–C–C–N with tert-alkyl or cyclic N) is 1. The summed E-state index contributed by atoms with van der Waals surface area (Å²) >= 11 is 1.51. The Morgan fingerprint density at radius 3 is 2.67 bits per heavy atom. The largest absolute Gasteiger partial charge is 0.392 e. The lowest BCUT2D eigenvalue weighted by molar-refractivity contribution is -0.120. The van der Waals surface area contributed by atoms with Crippen LogP contribution in [0.25, 0.3) is 10.9 Å². The lowest BCUT2D eigenvalue weighted by atomic mass is 9.94. The van der Waals surface area contributed by atoms with E-state index in [9.17, 15) is 9.90 Å². The molecule has 2 N–H and O–H groups in total. The van der Waals surface area contributed by atoms with Crippen LogP contribution >= 0.6 is 11.8 Å². The Morgan fingerprint density at radius 1 is 1.17 bits per heavy atom. The van der Waals surface area contributed by atoms with Crippen LogP contribution in [-0.2, 0) is 4.79 Å². The first-order valence-electron chi connectivity index (χ1n) is 10.3. The predicted molar refractivity (Wildman–Crippen MR) is 122 cm³/mol. The minimum atomic E-state index is -0.330. The topological polar surface area (TPSA) is 65.5 Å². The molecule has 156 valence electrons. The number of aliphatic hydroxyl groups excluding tert-OH is 1. The summed E-state index contributed by atoms with van der Waals surface area (Å²) in [6.07, 6.45) is 0.501. The van der Waals surface area contributed by atoms with Crippen LogP contribution in [0.2, 0.25) is 0 Å². The maximum absolute atomic E-state index is 13.0. The maximum Gasteiger partial charge on any atom is 0.233 e. The number of carbonyl (C=O) groups excluding carboxylic acids is 1. The second-order valence-electron chi connectivity index (χ2n) is 7.71. The molecule has 5 nitrogen and oxygen atoms in total. The van der Waals surface area contributed by atoms with Gasteiger partial charge in [-0.05, 0) is 24.1 Å². The fraction of sp³-hybridized carbons (Fsp3) is 0.333. The van der Waals surface area contributed by atoms with E-state index in [1.807, 2.05) is 48.5 Å². The first kappa shape index (κ1) is 20.8. The molecular weight excluding hydrogens is 394 g/mol. The number of rotatable bonds is 7. The normalized spacial score (nSPS) is 18.9. The Balaban J connectivity index is 1.65. The van der Waals surface area contributed by atoms with Crippen molar-refractivity contribution >= 4 is 28.6 Å². The van der Waals surface area contributed by atoms with Gasteiger partial charge in [-0.2, -0.15) is 0 Å². The molecule has 6 heteroatoms. The SMILES string of the molecule is CNC(=O)C(Sc1ccc2ccccc2n1)[C@H](CN1CC[C@H](O)C1)c1ccccc1. The number of para-hydroxylation sites is 1. The van der Waals surface area contributed by atoms with Gasteiger partial charge >= 0.3 is 0 Å². The highest BCUT2D eigenvalue weighted by molar-refractivity contribution is 8.00. The number of fused-ring (bicyclic) bond motifs is 1. The van der Waals surface area contributed by atoms with Crippen LogP contribution < -0.4 is 5.32 Å². The quantitative estimate of drug-likeness (QED) is 0.573. The highest BCUT2D eigenvalue weighted by atomic mass is 32.2. The first-order chi connectivity index (χ1) is 14.6. The summed E-state index contributed by atoms with van der Waals surface area (Å²) in [5.41, 5.74) is 2.05. The molecule has 1 unspecified atom stereocenters. The molecule has 3 atom stereocenters. The van der Waals surface area contributed by atoms with Gasteiger partial charge in [-0.3, -0.25) is 4.79 Å². The van der Waals surface area contributed by atoms with Crippen LogP contribution in [0.15, 0.2) is 71.8 Å². The third-order valence-electron chi connectivity index (χ3n) is 5.62. The van der Waals surface area contributed by atoms with Crippen molar-refractivity contribution < 1.29 is 9.90 Å². The fourth-order valence-electron chi connectivity index (χ4n) is 4.04. The smallest absolute Gasteiger partial charge is 0.233 e. The zero-order valence-corrected chi connectivity index (χ0v) is 17.9. The highest BCUT2D eigenvalue weighted by Gasteiger charge is 2.33. The first-order valence-corrected chi connectivity index (χ1v) is 11.2. The average molecular weight is 422 g/mol. The van der Waals surface area contributed by atoms with Crippen molar-refractivity contribution in [3.05, 3.63) is 72.3 Å². The van der Waals surface area contributed by atoms with E-state index in [1.165, 1.54) is 11.8 Å². The number of nitrogens with zero attached hydrogens (tertiary/aromatic N) is 2. The van der Waals surface area contributed by atoms with Gasteiger partial charge in [0.1, 0.15) is 0 Å². The average Bonchev–Trinajstić information content (AvgIpc) is 3.20. The number of benzene rings is 2. The summed E-state index contributed by atoms with van der Waals surface area (Å²) in [6.45, 7) is 2.23. The zero-order chi connectivity index (χ0) is 20.9. The number of thioether (sulfide) groups is 1. The van der Waals surface area contributed by atoms with Gasteiger partial charge in [0, 0.05) is 38.0 Å². The van der Waals surface area contributed by atoms with Gasteiger partial charge in [-0.25, -0.2) is 4.98 Å². The van der Waals surface area contributed by atoms with E-state index in [2.05, 4.69) is 28.4 Å². The van der Waals surface area contributed by atoms with Crippen LogP contribution in [0.3, 0.4) is 0 Å². The molecule has 0 spiro atoms. The van der Waals surface area contributed by atoms with E-state index < -0.39 is 0 Å². The molecule has 0 bridgehead atoms. The van der Waals surface area contributed by atoms with Crippen molar-refractivity contribution in [3.63, 3.8) is 0 Å². The van der Waals surface area contributed by atoms with Gasteiger partial charge in [-0.15, -0.1) is 0 Å². The van der Waals surface area contributed by atoms with Gasteiger partial charge < -0.3 is 15.3 Å². The number of hydrogen-bond donors (Lipinski definition) is 2. The molecule has 4 rings (SSSR count). The predicted octanol–water partition coefficient (Wildman–Crippen LogP) is 3.29. The number of nitrogens with one attached hydrogen (secondary N) is 1. The minimum Gasteiger partial charge on any atom is -0.392 e. The van der Waals surface area contributed by atoms with Gasteiger partial charge in [0.05, 0.1) is 21.9 Å². The zero-order valence-electron chi connectivity index (χ0n) is 17.1. The van der Waals surface area contributed by atoms with E-state index in [0.29, 0.717) is 6.54 Å². The molecule has 1 saturated heterocycles. The molecule has 3 aromatic rings. The molecular formula is C24H27N3O2S. The highest BCUT2D eigenvalue weighted by Crippen LogP contribution is 2.35. The lowest BCUT2D eigenvalue weighted by Gasteiger charge is -2.29. The van der Waals surface area contributed by atoms with Crippen molar-refractivity contribution in [3.8, 4) is 0 Å². The second kappa shape index (κ2) is 9.60. The molecule has 1 fully saturated rings. The van der Waals surface area contributed by atoms with Gasteiger partial charge in [0.2, 0.25) is 5.91 Å². The summed E-state index contributed by atoms with van der Waals surface area (Å²) in [5.74, 6) is -0.0294. The number of carbonyl (C=O) groups is 1. The Morgan fingerprint density at radius 2 is 1.93 bits per heavy atom. The summed E-state index contributed by atoms with van der Waals surface area (Å²) in [6, 6.07) is 22.3. The van der Waals surface area contributed by atoms with Crippen LogP contribution in [0.5, 0.6) is 0 Å². The standard InChI is InChI=1S/C24H27N3O2S/c1-25-24(29)23(30-22-12-11-18-9-5-6-10-21(18)26-22)20(17-7-3-2-4-8-17)16-27-14-13-19(28)15-27/h2-12,19-20,23,28H,13-16H2,1H3,(H,25,29)/t19-,20+,23?/m0/s1. The van der Waals surface area contributed by atoms with Crippen LogP contribution in [-0.4, -0.2) is 58.9 Å². The number of amides is 1. The van der Waals surface area contributed by atoms with E-state index in [4.69, 9.17) is 4.98 Å². The number of aromatic nitrogens is 1. The molecule has 0 radical (unpaired) electrons. The van der Waals surface area contributed by atoms with Crippen LogP contribution in [0, 0.1) is 0 Å². The third-order valence-corrected chi connectivity index (χ3v) is 6.89. The third kappa shape index (κ3) is 4.83. The Labute approximate surface area is 181 Å². The summed E-state index contributed by atoms with van der Waals surface area (Å²) in [4.78, 5) is 20.0. The van der Waals surface area contributed by atoms with Crippen molar-refractivity contribution in [1.29, 1.82) is 0 Å². The minimum absolute atomic E-state index is 0.0106. The van der Waals surface area contributed by atoms with E-state index in [0.717, 1.165) is 41.0 Å². The lowest BCUT2D eigenvalue weighted by Crippen LogP contribution is -2.39. The fourth-order valence-corrected chi connectivity index (χ4v) is 5.23. The molecule has 1 amide bonds. The molecule has 0 aliphatic carbocycles. The number of aliphatic hydroxyl groups is 1. The monoisotopic (exact) mass is 421 g/mol. The van der Waals surface area contributed by atoms with Crippen molar-refractivity contribution in [1.82, 2.24) is 15.2 Å². The molecule has 2 aromatic carbocycles. The summed E-state index contributed by atoms with van der Waals surface area (Å²) < 4.78 is 0. The summed E-state index contributed by atoms with van der Waals surface area (Å²) in [5, 5.41) is 14.4. The number of likely N-dealkylation sites (tertiary alicyclic amines) is 1. The van der Waals surface area contributed by atoms with E-state index in [-0.39, 0.29) is 23.2 Å². The van der Waals surface area contributed by atoms with Gasteiger partial charge in [0.15, 0.2) is 0 Å². The number of pyridine rings is 1. The van der Waals surface area contributed by atoms with Gasteiger partial charge in [-0.1, -0.05) is 66.4 Å². The van der Waals surface area contributed by atoms with Crippen molar-refractivity contribution in [2.75, 3.05) is 26.7 Å². The maximum atomic E-state index is 13.0. The van der Waals surface area contributed by atoms with E-state index >= 15 is 0 Å². The van der Waals surface area contributed by atoms with Crippen molar-refractivity contribution in [2.24, 2.45) is 0 Å². The molecule has 0 saturated carbocycles. The van der Waals surface area contributed by atoms with Crippen molar-refractivity contribution in [2.45, 2.75) is 28.7 Å². The molecule has 1 aliphatic heterocycles. The van der Waals surface area contributed by atoms with E-state index in [1.54, 1.807) is 7.05 Å². The number of hydrogen-bond acceptors (Lipinski definition) is 5. The van der Waals surface area contributed by atoms with Crippen LogP contribution in [0.4, 0.5) is 0 Å². The second-order valence-corrected chi connectivity index (χ2v) is 8.88. The Hall–Kier alpha value is -2.41. The molecule has 1 aliphatic rings.